The molecule has 5 nitrogen and oxygen atoms in total. The van der Waals surface area contributed by atoms with Gasteiger partial charge in [0.2, 0.25) is 5.95 Å². The second-order valence-corrected chi connectivity index (χ2v) is 5.32. The van der Waals surface area contributed by atoms with E-state index in [0.717, 1.165) is 12.8 Å². The van der Waals surface area contributed by atoms with Gasteiger partial charge in [-0.15, -0.1) is 0 Å². The molecule has 0 aliphatic heterocycles. The van der Waals surface area contributed by atoms with Crippen LogP contribution in [-0.2, 0) is 6.54 Å². The molecule has 1 fully saturated rings. The van der Waals surface area contributed by atoms with Gasteiger partial charge in [0.05, 0.1) is 5.56 Å². The predicted molar refractivity (Wildman–Crippen MR) is 81.0 cm³/mol. The van der Waals surface area contributed by atoms with Crippen LogP contribution in [0.3, 0.4) is 0 Å². The third-order valence-corrected chi connectivity index (χ3v) is 3.52. The van der Waals surface area contributed by atoms with Crippen LogP contribution in [0.1, 0.15) is 34.3 Å². The number of hydrogen-bond donors (Lipinski definition) is 2. The summed E-state index contributed by atoms with van der Waals surface area (Å²) in [5.41, 5.74) is 2.94. The Morgan fingerprint density at radius 2 is 1.95 bits per heavy atom. The first kappa shape index (κ1) is 13.5. The number of benzene rings is 1. The van der Waals surface area contributed by atoms with Crippen LogP contribution in [0.5, 0.6) is 0 Å². The summed E-state index contributed by atoms with van der Waals surface area (Å²) in [7, 11) is 0. The molecule has 1 aromatic heterocycles. The van der Waals surface area contributed by atoms with Gasteiger partial charge in [0.25, 0.3) is 5.91 Å². The van der Waals surface area contributed by atoms with Crippen LogP contribution in [0.15, 0.2) is 36.7 Å². The Morgan fingerprint density at radius 3 is 2.62 bits per heavy atom. The highest BCUT2D eigenvalue weighted by Gasteiger charge is 2.23. The Kier molecular flexibility index (Phi) is 3.81. The highest BCUT2D eigenvalue weighted by Crippen LogP contribution is 2.19. The maximum Gasteiger partial charge on any atom is 0.254 e. The summed E-state index contributed by atoms with van der Waals surface area (Å²) in [6, 6.07) is 8.51. The molecule has 2 aromatic rings. The number of nitrogens with zero attached hydrogens (tertiary/aromatic N) is 2. The Bertz CT molecular complexity index is 635. The summed E-state index contributed by atoms with van der Waals surface area (Å²) >= 11 is 0. The van der Waals surface area contributed by atoms with Gasteiger partial charge in [-0.25, -0.2) is 9.97 Å². The first-order valence-corrected chi connectivity index (χ1v) is 7.13. The molecule has 5 heteroatoms. The predicted octanol–water partition coefficient (Wildman–Crippen LogP) is 2.29. The topological polar surface area (TPSA) is 66.9 Å². The van der Waals surface area contributed by atoms with Crippen molar-refractivity contribution in [2.45, 2.75) is 32.4 Å². The van der Waals surface area contributed by atoms with E-state index in [-0.39, 0.29) is 5.91 Å². The second kappa shape index (κ2) is 5.91. The van der Waals surface area contributed by atoms with Crippen molar-refractivity contribution in [1.82, 2.24) is 15.3 Å². The van der Waals surface area contributed by atoms with Gasteiger partial charge in [0.1, 0.15) is 0 Å². The molecule has 1 aliphatic carbocycles. The van der Waals surface area contributed by atoms with E-state index in [1.165, 1.54) is 11.1 Å². The van der Waals surface area contributed by atoms with Gasteiger partial charge in [0, 0.05) is 25.0 Å². The number of nitrogens with one attached hydrogen (secondary N) is 2. The van der Waals surface area contributed by atoms with Crippen LogP contribution < -0.4 is 10.6 Å². The Labute approximate surface area is 123 Å². The molecule has 1 amide bonds. The summed E-state index contributed by atoms with van der Waals surface area (Å²) in [4.78, 5) is 20.2. The lowest BCUT2D eigenvalue weighted by atomic mass is 10.1. The minimum absolute atomic E-state index is 0.0945. The third kappa shape index (κ3) is 3.56. The minimum atomic E-state index is -0.0945. The van der Waals surface area contributed by atoms with Crippen LogP contribution in [0.4, 0.5) is 5.95 Å². The molecular formula is C16H18N4O. The molecular weight excluding hydrogens is 264 g/mol. The highest BCUT2D eigenvalue weighted by molar-refractivity contribution is 5.94. The molecule has 0 atom stereocenters. The van der Waals surface area contributed by atoms with Crippen LogP contribution in [0, 0.1) is 6.92 Å². The van der Waals surface area contributed by atoms with Gasteiger partial charge in [-0.1, -0.05) is 24.3 Å². The summed E-state index contributed by atoms with van der Waals surface area (Å²) in [5, 5.41) is 6.08. The number of carbonyl (C=O) groups is 1. The third-order valence-electron chi connectivity index (χ3n) is 3.52. The van der Waals surface area contributed by atoms with E-state index in [2.05, 4.69) is 39.7 Å². The molecule has 0 radical (unpaired) electrons. The van der Waals surface area contributed by atoms with E-state index in [1.54, 1.807) is 12.4 Å². The molecule has 0 spiro atoms. The first-order valence-electron chi connectivity index (χ1n) is 7.13. The van der Waals surface area contributed by atoms with E-state index >= 15 is 0 Å². The molecule has 0 saturated heterocycles. The molecule has 0 unspecified atom stereocenters. The lowest BCUT2D eigenvalue weighted by Crippen LogP contribution is -2.25. The first-order chi connectivity index (χ1) is 10.2. The Balaban J connectivity index is 1.59. The number of aryl methyl sites for hydroxylation is 1. The Hall–Kier alpha value is -2.43. The van der Waals surface area contributed by atoms with Gasteiger partial charge in [0.15, 0.2) is 0 Å². The molecule has 1 aromatic carbocycles. The fourth-order valence-electron chi connectivity index (χ4n) is 2.02. The average Bonchev–Trinajstić information content (AvgIpc) is 3.31. The lowest BCUT2D eigenvalue weighted by Gasteiger charge is -2.08. The molecule has 1 saturated carbocycles. The van der Waals surface area contributed by atoms with Gasteiger partial charge in [-0.3, -0.25) is 4.79 Å². The average molecular weight is 282 g/mol. The zero-order valence-electron chi connectivity index (χ0n) is 12.0. The molecule has 3 rings (SSSR count). The molecule has 21 heavy (non-hydrogen) atoms. The van der Waals surface area contributed by atoms with E-state index in [9.17, 15) is 4.79 Å². The Morgan fingerprint density at radius 1 is 1.24 bits per heavy atom. The minimum Gasteiger partial charge on any atom is -0.350 e. The smallest absolute Gasteiger partial charge is 0.254 e. The van der Waals surface area contributed by atoms with Gasteiger partial charge >= 0.3 is 0 Å². The van der Waals surface area contributed by atoms with Gasteiger partial charge < -0.3 is 10.6 Å². The number of carbonyl (C=O) groups excluding carboxylic acids is 1. The van der Waals surface area contributed by atoms with Crippen LogP contribution in [0.2, 0.25) is 0 Å². The van der Waals surface area contributed by atoms with Crippen molar-refractivity contribution in [3.05, 3.63) is 53.3 Å². The quantitative estimate of drug-likeness (QED) is 0.883. The van der Waals surface area contributed by atoms with Crippen LogP contribution in [0.25, 0.3) is 0 Å². The van der Waals surface area contributed by atoms with Crippen molar-refractivity contribution in [3.63, 3.8) is 0 Å². The van der Waals surface area contributed by atoms with Gasteiger partial charge in [-0.05, 0) is 30.9 Å². The van der Waals surface area contributed by atoms with Crippen molar-refractivity contribution >= 4 is 11.9 Å². The van der Waals surface area contributed by atoms with Crippen LogP contribution in [-0.4, -0.2) is 21.9 Å². The number of anilines is 1. The van der Waals surface area contributed by atoms with Crippen LogP contribution >= 0.6 is 0 Å². The number of hydrogen-bond acceptors (Lipinski definition) is 4. The van der Waals surface area contributed by atoms with Gasteiger partial charge in [-0.2, -0.15) is 0 Å². The normalized spacial score (nSPS) is 13.8. The highest BCUT2D eigenvalue weighted by atomic mass is 16.1. The van der Waals surface area contributed by atoms with Crippen molar-refractivity contribution in [3.8, 4) is 0 Å². The molecule has 108 valence electrons. The molecule has 1 heterocycles. The maximum atomic E-state index is 11.8. The maximum absolute atomic E-state index is 11.8. The summed E-state index contributed by atoms with van der Waals surface area (Å²) < 4.78 is 0. The number of rotatable bonds is 5. The molecule has 0 bridgehead atoms. The molecule has 2 N–H and O–H groups in total. The largest absolute Gasteiger partial charge is 0.350 e. The zero-order valence-corrected chi connectivity index (χ0v) is 12.0. The lowest BCUT2D eigenvalue weighted by molar-refractivity contribution is 0.0950. The fraction of sp³-hybridized carbons (Fsp3) is 0.312. The fourth-order valence-corrected chi connectivity index (χ4v) is 2.02. The van der Waals surface area contributed by atoms with E-state index in [4.69, 9.17) is 0 Å². The zero-order chi connectivity index (χ0) is 14.7. The van der Waals surface area contributed by atoms with E-state index < -0.39 is 0 Å². The monoisotopic (exact) mass is 282 g/mol. The SMILES string of the molecule is Cc1ccccc1CNc1ncc(C(=O)NC2CC2)cn1. The second-order valence-electron chi connectivity index (χ2n) is 5.32. The number of amides is 1. The molecule has 1 aliphatic rings. The van der Waals surface area contributed by atoms with E-state index in [0.29, 0.717) is 24.1 Å². The standard InChI is InChI=1S/C16H18N4O/c1-11-4-2-3-5-12(11)8-17-16-18-9-13(10-19-16)15(21)20-14-6-7-14/h2-5,9-10,14H,6-8H2,1H3,(H,20,21)(H,17,18,19). The van der Waals surface area contributed by atoms with Crippen molar-refractivity contribution in [2.24, 2.45) is 0 Å². The summed E-state index contributed by atoms with van der Waals surface area (Å²) in [5.74, 6) is 0.434. The van der Waals surface area contributed by atoms with Crippen molar-refractivity contribution in [2.75, 3.05) is 5.32 Å². The van der Waals surface area contributed by atoms with Crippen molar-refractivity contribution < 1.29 is 4.79 Å². The number of aromatic nitrogens is 2. The summed E-state index contributed by atoms with van der Waals surface area (Å²) in [6.45, 7) is 2.74. The van der Waals surface area contributed by atoms with E-state index in [1.807, 2.05) is 12.1 Å². The summed E-state index contributed by atoms with van der Waals surface area (Å²) in [6.07, 6.45) is 5.27. The van der Waals surface area contributed by atoms with Crippen molar-refractivity contribution in [1.29, 1.82) is 0 Å².